The summed E-state index contributed by atoms with van der Waals surface area (Å²) in [5, 5.41) is 1.13. The van der Waals surface area contributed by atoms with E-state index in [1.165, 1.54) is 11.8 Å². The molecule has 1 aliphatic rings. The molecule has 0 fully saturated rings. The number of nitrogens with zero attached hydrogens (tertiary/aromatic N) is 1. The third-order valence-corrected chi connectivity index (χ3v) is 6.23. The summed E-state index contributed by atoms with van der Waals surface area (Å²) < 4.78 is 22.6. The van der Waals surface area contributed by atoms with Gasteiger partial charge >= 0.3 is 5.97 Å². The Hall–Kier alpha value is -3.81. The number of hydrogen-bond acceptors (Lipinski definition) is 7. The predicted octanol–water partition coefficient (Wildman–Crippen LogP) is 5.81. The highest BCUT2D eigenvalue weighted by Gasteiger charge is 2.23. The molecular formula is C28H24ClNO6. The van der Waals surface area contributed by atoms with Crippen LogP contribution in [0.4, 0.5) is 0 Å². The first-order chi connectivity index (χ1) is 17.5. The lowest BCUT2D eigenvalue weighted by molar-refractivity contribution is 0.0526. The monoisotopic (exact) mass is 505 g/mol. The second kappa shape index (κ2) is 10.4. The number of carbonyl (C=O) groups is 1. The molecule has 0 saturated carbocycles. The van der Waals surface area contributed by atoms with Gasteiger partial charge in [0.05, 0.1) is 23.1 Å². The van der Waals surface area contributed by atoms with Crippen LogP contribution in [0, 0.1) is 0 Å². The van der Waals surface area contributed by atoms with E-state index >= 15 is 0 Å². The van der Waals surface area contributed by atoms with Gasteiger partial charge in [-0.2, -0.15) is 0 Å². The van der Waals surface area contributed by atoms with Crippen LogP contribution >= 0.6 is 11.6 Å². The average molecular weight is 506 g/mol. The Labute approximate surface area is 212 Å². The minimum Gasteiger partial charge on any atom is -0.478 e. The Bertz CT molecular complexity index is 1450. The van der Waals surface area contributed by atoms with E-state index < -0.39 is 5.97 Å². The zero-order chi connectivity index (χ0) is 25.1. The van der Waals surface area contributed by atoms with Gasteiger partial charge in [0.1, 0.15) is 30.1 Å². The summed E-state index contributed by atoms with van der Waals surface area (Å²) in [5.41, 5.74) is 2.62. The van der Waals surface area contributed by atoms with Crippen molar-refractivity contribution in [3.8, 4) is 17.2 Å². The van der Waals surface area contributed by atoms with Crippen LogP contribution in [0.3, 0.4) is 0 Å². The number of esters is 1. The minimum absolute atomic E-state index is 0.0580. The third kappa shape index (κ3) is 5.08. The zero-order valence-electron chi connectivity index (χ0n) is 19.7. The van der Waals surface area contributed by atoms with Crippen molar-refractivity contribution in [1.29, 1.82) is 0 Å². The van der Waals surface area contributed by atoms with Crippen molar-refractivity contribution in [2.75, 3.05) is 19.9 Å². The maximum absolute atomic E-state index is 13.2. The number of rotatable bonds is 7. The Morgan fingerprint density at radius 3 is 2.58 bits per heavy atom. The van der Waals surface area contributed by atoms with Gasteiger partial charge in [0, 0.05) is 18.1 Å². The second-order valence-corrected chi connectivity index (χ2v) is 8.83. The van der Waals surface area contributed by atoms with E-state index in [-0.39, 0.29) is 11.2 Å². The fourth-order valence-electron chi connectivity index (χ4n) is 4.09. The molecule has 36 heavy (non-hydrogen) atoms. The van der Waals surface area contributed by atoms with E-state index in [0.717, 1.165) is 18.5 Å². The van der Waals surface area contributed by atoms with E-state index in [9.17, 15) is 9.59 Å². The summed E-state index contributed by atoms with van der Waals surface area (Å²) in [4.78, 5) is 27.2. The largest absolute Gasteiger partial charge is 0.478 e. The molecule has 0 atom stereocenters. The number of carbonyl (C=O) groups excluding carboxylic acids is 1. The SMILES string of the molecule is CCOC(=O)c1ccc(Oc2coc3c4c(ccc3c2=O)OCN(CCc2ccc(Cl)cc2)C4)cc1. The lowest BCUT2D eigenvalue weighted by Crippen LogP contribution is -2.33. The first-order valence-electron chi connectivity index (χ1n) is 11.6. The fourth-order valence-corrected chi connectivity index (χ4v) is 4.22. The van der Waals surface area contributed by atoms with Crippen LogP contribution in [-0.2, 0) is 17.7 Å². The summed E-state index contributed by atoms with van der Waals surface area (Å²) in [6, 6.07) is 17.7. The van der Waals surface area contributed by atoms with Gasteiger partial charge in [-0.05, 0) is 67.4 Å². The van der Waals surface area contributed by atoms with Gasteiger partial charge < -0.3 is 18.6 Å². The van der Waals surface area contributed by atoms with E-state index in [2.05, 4.69) is 4.90 Å². The molecule has 4 aromatic rings. The van der Waals surface area contributed by atoms with Crippen LogP contribution in [0.15, 0.2) is 76.1 Å². The van der Waals surface area contributed by atoms with Crippen LogP contribution in [-0.4, -0.2) is 30.8 Å². The zero-order valence-corrected chi connectivity index (χ0v) is 20.4. The molecule has 0 spiro atoms. The molecule has 0 amide bonds. The molecule has 2 heterocycles. The van der Waals surface area contributed by atoms with Gasteiger partial charge in [0.2, 0.25) is 11.2 Å². The van der Waals surface area contributed by atoms with Gasteiger partial charge in [-0.15, -0.1) is 0 Å². The molecule has 0 radical (unpaired) electrons. The van der Waals surface area contributed by atoms with Gasteiger partial charge in [0.25, 0.3) is 0 Å². The molecule has 1 aromatic heterocycles. The van der Waals surface area contributed by atoms with Gasteiger partial charge in [-0.3, -0.25) is 9.69 Å². The molecule has 184 valence electrons. The number of fused-ring (bicyclic) bond motifs is 3. The van der Waals surface area contributed by atoms with Crippen LogP contribution in [0.1, 0.15) is 28.4 Å². The number of halogens is 1. The number of ether oxygens (including phenoxy) is 3. The maximum atomic E-state index is 13.2. The molecule has 0 N–H and O–H groups in total. The first kappa shape index (κ1) is 23.9. The van der Waals surface area contributed by atoms with Crippen molar-refractivity contribution in [3.05, 3.63) is 98.9 Å². The topological polar surface area (TPSA) is 78.2 Å². The molecule has 5 rings (SSSR count). The van der Waals surface area contributed by atoms with Crippen molar-refractivity contribution in [2.45, 2.75) is 19.9 Å². The maximum Gasteiger partial charge on any atom is 0.338 e. The third-order valence-electron chi connectivity index (χ3n) is 5.98. The second-order valence-electron chi connectivity index (χ2n) is 8.40. The van der Waals surface area contributed by atoms with Crippen LogP contribution in [0.5, 0.6) is 17.2 Å². The Balaban J connectivity index is 1.33. The number of benzene rings is 3. The van der Waals surface area contributed by atoms with Crippen molar-refractivity contribution in [2.24, 2.45) is 0 Å². The quantitative estimate of drug-likeness (QED) is 0.293. The Kier molecular flexibility index (Phi) is 6.93. The van der Waals surface area contributed by atoms with Crippen LogP contribution < -0.4 is 14.9 Å². The van der Waals surface area contributed by atoms with Crippen LogP contribution in [0.2, 0.25) is 5.02 Å². The van der Waals surface area contributed by atoms with E-state index in [1.807, 2.05) is 24.3 Å². The molecule has 0 bridgehead atoms. The van der Waals surface area contributed by atoms with E-state index in [0.29, 0.717) is 52.9 Å². The summed E-state index contributed by atoms with van der Waals surface area (Å²) in [6.45, 7) is 3.88. The van der Waals surface area contributed by atoms with Crippen LogP contribution in [0.25, 0.3) is 11.0 Å². The Morgan fingerprint density at radius 1 is 1.06 bits per heavy atom. The normalized spacial score (nSPS) is 13.2. The van der Waals surface area contributed by atoms with Crippen molar-refractivity contribution >= 4 is 28.5 Å². The highest BCUT2D eigenvalue weighted by Crippen LogP contribution is 2.33. The van der Waals surface area contributed by atoms with Gasteiger partial charge in [-0.25, -0.2) is 4.79 Å². The van der Waals surface area contributed by atoms with E-state index in [4.69, 9.17) is 30.2 Å². The lowest BCUT2D eigenvalue weighted by Gasteiger charge is -2.29. The smallest absolute Gasteiger partial charge is 0.338 e. The molecule has 0 saturated heterocycles. The molecule has 8 heteroatoms. The number of hydrogen-bond donors (Lipinski definition) is 0. The Morgan fingerprint density at radius 2 is 1.83 bits per heavy atom. The molecule has 1 aliphatic heterocycles. The van der Waals surface area contributed by atoms with Crippen molar-refractivity contribution in [3.63, 3.8) is 0 Å². The fraction of sp³-hybridized carbons (Fsp3) is 0.214. The molecule has 0 aliphatic carbocycles. The molecular weight excluding hydrogens is 482 g/mol. The highest BCUT2D eigenvalue weighted by atomic mass is 35.5. The summed E-state index contributed by atoms with van der Waals surface area (Å²) in [6.07, 6.45) is 2.16. The lowest BCUT2D eigenvalue weighted by atomic mass is 10.1. The van der Waals surface area contributed by atoms with Crippen molar-refractivity contribution < 1.29 is 23.4 Å². The molecule has 0 unspecified atom stereocenters. The molecule has 3 aromatic carbocycles. The van der Waals surface area contributed by atoms with Gasteiger partial charge in [-0.1, -0.05) is 23.7 Å². The minimum atomic E-state index is -0.413. The highest BCUT2D eigenvalue weighted by molar-refractivity contribution is 6.30. The summed E-state index contributed by atoms with van der Waals surface area (Å²) in [7, 11) is 0. The molecule has 7 nitrogen and oxygen atoms in total. The summed E-state index contributed by atoms with van der Waals surface area (Å²) in [5.74, 6) is 0.757. The standard InChI is InChI=1S/C28H24ClNO6/c1-2-33-28(32)19-5-9-21(10-6-19)36-25-16-34-27-22(26(25)31)11-12-24-23(27)15-30(17-35-24)14-13-18-3-7-20(29)8-4-18/h3-12,16H,2,13-15,17H2,1H3. The van der Waals surface area contributed by atoms with E-state index in [1.54, 1.807) is 43.3 Å². The average Bonchev–Trinajstić information content (AvgIpc) is 2.90. The summed E-state index contributed by atoms with van der Waals surface area (Å²) >= 11 is 5.98. The van der Waals surface area contributed by atoms with Gasteiger partial charge in [0.15, 0.2) is 0 Å². The predicted molar refractivity (Wildman–Crippen MR) is 136 cm³/mol. The first-order valence-corrected chi connectivity index (χ1v) is 12.0. The van der Waals surface area contributed by atoms with Crippen molar-refractivity contribution in [1.82, 2.24) is 4.90 Å².